The molecule has 0 radical (unpaired) electrons. The van der Waals surface area contributed by atoms with Gasteiger partial charge in [-0.1, -0.05) is 0 Å². The Morgan fingerprint density at radius 1 is 0.786 bits per heavy atom. The first-order valence-electron chi connectivity index (χ1n) is 7.52. The Kier molecular flexibility index (Phi) is 8.81. The topological polar surface area (TPSA) is 121 Å². The number of carbonyl (C=O) groups is 1. The number of phosphoric acid groups is 1. The van der Waals surface area contributed by atoms with Crippen LogP contribution in [0.15, 0.2) is 30.3 Å². The molecule has 11 heteroatoms. The van der Waals surface area contributed by atoms with Crippen LogP contribution in [0, 0.1) is 0 Å². The number of methoxy groups -OCH3 is 4. The van der Waals surface area contributed by atoms with Crippen molar-refractivity contribution in [3.05, 3.63) is 41.5 Å². The summed E-state index contributed by atoms with van der Waals surface area (Å²) in [5.74, 6) is 0.272. The fourth-order valence-electron chi connectivity index (χ4n) is 2.40. The van der Waals surface area contributed by atoms with Gasteiger partial charge in [0.1, 0.15) is 0 Å². The summed E-state index contributed by atoms with van der Waals surface area (Å²) < 4.78 is 36.4. The Morgan fingerprint density at radius 3 is 1.71 bits per heavy atom. The zero-order valence-electron chi connectivity index (χ0n) is 15.1. The Balaban J connectivity index is 0.00000392. The van der Waals surface area contributed by atoms with Crippen molar-refractivity contribution < 1.29 is 42.6 Å². The molecule has 0 amide bonds. The molecule has 0 bridgehead atoms. The van der Waals surface area contributed by atoms with Gasteiger partial charge in [-0.3, -0.25) is 14.6 Å². The van der Waals surface area contributed by atoms with Crippen LogP contribution < -0.4 is 23.5 Å². The fourth-order valence-corrected chi connectivity index (χ4v) is 2.80. The first-order chi connectivity index (χ1) is 12.7. The molecule has 0 fully saturated rings. The predicted molar refractivity (Wildman–Crippen MR) is 102 cm³/mol. The summed E-state index contributed by atoms with van der Waals surface area (Å²) in [7, 11) is 0.759. The van der Waals surface area contributed by atoms with Crippen molar-refractivity contribution >= 4 is 43.2 Å². The third-order valence-electron chi connectivity index (χ3n) is 3.57. The molecular weight excluding hydrogens is 402 g/mol. The Labute approximate surface area is 184 Å². The van der Waals surface area contributed by atoms with E-state index in [1.165, 1.54) is 58.8 Å². The van der Waals surface area contributed by atoms with Crippen LogP contribution in [0.2, 0.25) is 0 Å². The van der Waals surface area contributed by atoms with Crippen molar-refractivity contribution in [3.63, 3.8) is 0 Å². The molecule has 28 heavy (non-hydrogen) atoms. The standard InChI is InChI=1S/C17H19O9P.Na.H/c1-22-12-6-5-10(7-13(12)26-27(19,20)21)16(18)11-8-14(23-2)17(25-4)15(9-11)24-3;;/h5-9H,1-4H3,(H2,19,20,21);;. The molecule has 148 valence electrons. The van der Waals surface area contributed by atoms with Crippen LogP contribution in [0.5, 0.6) is 28.7 Å². The molecule has 0 spiro atoms. The molecule has 0 saturated heterocycles. The van der Waals surface area contributed by atoms with Gasteiger partial charge in [-0.15, -0.1) is 0 Å². The Hall–Kier alpha value is -1.74. The number of carbonyl (C=O) groups excluding carboxylic acids is 1. The molecule has 0 unspecified atom stereocenters. The summed E-state index contributed by atoms with van der Waals surface area (Å²) >= 11 is 0. The molecule has 0 aliphatic carbocycles. The van der Waals surface area contributed by atoms with E-state index in [0.717, 1.165) is 0 Å². The second-order valence-corrected chi connectivity index (χ2v) is 6.35. The van der Waals surface area contributed by atoms with E-state index in [1.54, 1.807) is 0 Å². The number of hydrogen-bond acceptors (Lipinski definition) is 7. The molecule has 0 aliphatic heterocycles. The summed E-state index contributed by atoms with van der Waals surface area (Å²) in [5, 5.41) is 0. The van der Waals surface area contributed by atoms with Gasteiger partial charge in [0.05, 0.1) is 28.4 Å². The number of benzene rings is 2. The number of hydrogen-bond donors (Lipinski definition) is 2. The van der Waals surface area contributed by atoms with E-state index >= 15 is 0 Å². The molecule has 0 atom stereocenters. The third kappa shape index (κ3) is 5.64. The molecular formula is C17H20NaO9P. The maximum atomic E-state index is 12.9. The molecule has 0 aliphatic rings. The number of ketones is 1. The van der Waals surface area contributed by atoms with E-state index in [0.29, 0.717) is 17.2 Å². The van der Waals surface area contributed by atoms with Crippen LogP contribution in [0.4, 0.5) is 0 Å². The van der Waals surface area contributed by atoms with E-state index in [-0.39, 0.29) is 52.2 Å². The normalized spacial score (nSPS) is 10.5. The first kappa shape index (κ1) is 24.3. The predicted octanol–water partition coefficient (Wildman–Crippen LogP) is 1.77. The summed E-state index contributed by atoms with van der Waals surface area (Å²) in [4.78, 5) is 30.9. The summed E-state index contributed by atoms with van der Waals surface area (Å²) in [6, 6.07) is 6.94. The van der Waals surface area contributed by atoms with E-state index in [1.807, 2.05) is 0 Å². The van der Waals surface area contributed by atoms with E-state index in [2.05, 4.69) is 4.52 Å². The van der Waals surface area contributed by atoms with Crippen LogP contribution >= 0.6 is 7.82 Å². The Morgan fingerprint density at radius 2 is 1.29 bits per heavy atom. The molecule has 0 saturated carbocycles. The second-order valence-electron chi connectivity index (χ2n) is 5.19. The van der Waals surface area contributed by atoms with Gasteiger partial charge in [-0.2, -0.15) is 0 Å². The summed E-state index contributed by atoms with van der Waals surface area (Å²) in [6.07, 6.45) is 0. The van der Waals surface area contributed by atoms with E-state index < -0.39 is 13.6 Å². The molecule has 2 aromatic rings. The van der Waals surface area contributed by atoms with Gasteiger partial charge in [0, 0.05) is 11.1 Å². The zero-order chi connectivity index (χ0) is 20.2. The van der Waals surface area contributed by atoms with Gasteiger partial charge in [0.15, 0.2) is 28.8 Å². The van der Waals surface area contributed by atoms with Crippen molar-refractivity contribution in [2.24, 2.45) is 0 Å². The van der Waals surface area contributed by atoms with E-state index in [4.69, 9.17) is 28.7 Å². The zero-order valence-corrected chi connectivity index (χ0v) is 16.0. The van der Waals surface area contributed by atoms with Gasteiger partial charge < -0.3 is 23.5 Å². The average Bonchev–Trinajstić information content (AvgIpc) is 2.64. The average molecular weight is 422 g/mol. The monoisotopic (exact) mass is 422 g/mol. The molecule has 2 aromatic carbocycles. The summed E-state index contributed by atoms with van der Waals surface area (Å²) in [5.41, 5.74) is 0.338. The van der Waals surface area contributed by atoms with Crippen LogP contribution in [0.25, 0.3) is 0 Å². The van der Waals surface area contributed by atoms with Crippen molar-refractivity contribution in [3.8, 4) is 28.7 Å². The van der Waals surface area contributed by atoms with Crippen LogP contribution in [-0.4, -0.2) is 73.6 Å². The minimum atomic E-state index is -4.83. The van der Waals surface area contributed by atoms with Crippen molar-refractivity contribution in [1.29, 1.82) is 0 Å². The first-order valence-corrected chi connectivity index (χ1v) is 9.05. The SMILES string of the molecule is COc1ccc(C(=O)c2cc(OC)c(OC)c(OC)c2)cc1OP(=O)(O)O.[NaH]. The van der Waals surface area contributed by atoms with E-state index in [9.17, 15) is 9.36 Å². The third-order valence-corrected chi connectivity index (χ3v) is 4.00. The molecule has 9 nitrogen and oxygen atoms in total. The van der Waals surface area contributed by atoms with Crippen LogP contribution in [0.3, 0.4) is 0 Å². The molecule has 2 rings (SSSR count). The maximum absolute atomic E-state index is 12.9. The van der Waals surface area contributed by atoms with Gasteiger partial charge >= 0.3 is 37.4 Å². The van der Waals surface area contributed by atoms with Gasteiger partial charge in [0.25, 0.3) is 0 Å². The van der Waals surface area contributed by atoms with Gasteiger partial charge in [-0.05, 0) is 30.3 Å². The van der Waals surface area contributed by atoms with Crippen molar-refractivity contribution in [2.75, 3.05) is 28.4 Å². The Bertz CT molecular complexity index is 869. The molecule has 0 heterocycles. The molecule has 2 N–H and O–H groups in total. The quantitative estimate of drug-likeness (QED) is 0.372. The summed E-state index contributed by atoms with van der Waals surface area (Å²) in [6.45, 7) is 0. The van der Waals surface area contributed by atoms with Crippen LogP contribution in [-0.2, 0) is 4.57 Å². The van der Waals surface area contributed by atoms with Crippen LogP contribution in [0.1, 0.15) is 15.9 Å². The van der Waals surface area contributed by atoms with Crippen molar-refractivity contribution in [1.82, 2.24) is 0 Å². The number of ether oxygens (including phenoxy) is 4. The second kappa shape index (κ2) is 10.2. The van der Waals surface area contributed by atoms with Crippen molar-refractivity contribution in [2.45, 2.75) is 0 Å². The number of phosphoric ester groups is 1. The number of rotatable bonds is 8. The molecule has 0 aromatic heterocycles. The van der Waals surface area contributed by atoms with Gasteiger partial charge in [0.2, 0.25) is 5.75 Å². The minimum absolute atomic E-state index is 0. The van der Waals surface area contributed by atoms with Gasteiger partial charge in [-0.25, -0.2) is 4.57 Å². The fraction of sp³-hybridized carbons (Fsp3) is 0.235.